The Morgan fingerprint density at radius 1 is 1.35 bits per heavy atom. The lowest BCUT2D eigenvalue weighted by molar-refractivity contribution is -0.145. The number of hydrogen-bond donors (Lipinski definition) is 1. The molecule has 0 saturated heterocycles. The minimum atomic E-state index is -0.368. The van der Waals surface area contributed by atoms with Crippen molar-refractivity contribution in [1.82, 2.24) is 0 Å². The molecule has 1 aromatic rings. The van der Waals surface area contributed by atoms with Gasteiger partial charge in [-0.15, -0.1) is 0 Å². The molecule has 94 valence electrons. The third-order valence-electron chi connectivity index (χ3n) is 2.40. The van der Waals surface area contributed by atoms with E-state index in [2.05, 4.69) is 5.32 Å². The van der Waals surface area contributed by atoms with Crippen molar-refractivity contribution >= 4 is 11.7 Å². The van der Waals surface area contributed by atoms with Crippen LogP contribution >= 0.6 is 0 Å². The Bertz CT molecular complexity index is 365. The zero-order valence-electron chi connectivity index (χ0n) is 10.5. The number of aryl methyl sites for hydroxylation is 1. The maximum Gasteiger partial charge on any atom is 0.328 e. The van der Waals surface area contributed by atoms with Crippen molar-refractivity contribution in [1.29, 1.82) is 0 Å². The fourth-order valence-electron chi connectivity index (χ4n) is 1.38. The van der Waals surface area contributed by atoms with Gasteiger partial charge in [0.2, 0.25) is 0 Å². The second kappa shape index (κ2) is 6.91. The van der Waals surface area contributed by atoms with Gasteiger partial charge < -0.3 is 14.8 Å². The highest BCUT2D eigenvalue weighted by molar-refractivity contribution is 5.79. The van der Waals surface area contributed by atoms with Gasteiger partial charge in [-0.3, -0.25) is 0 Å². The van der Waals surface area contributed by atoms with Crippen LogP contribution in [0, 0.1) is 6.92 Å². The van der Waals surface area contributed by atoms with Crippen LogP contribution in [0.5, 0.6) is 0 Å². The van der Waals surface area contributed by atoms with Crippen LogP contribution in [-0.2, 0) is 14.3 Å². The van der Waals surface area contributed by atoms with Gasteiger partial charge in [0.25, 0.3) is 0 Å². The molecule has 0 fully saturated rings. The minimum Gasteiger partial charge on any atom is -0.462 e. The van der Waals surface area contributed by atoms with E-state index in [0.29, 0.717) is 6.61 Å². The van der Waals surface area contributed by atoms with Gasteiger partial charge in [-0.1, -0.05) is 18.2 Å². The van der Waals surface area contributed by atoms with E-state index in [4.69, 9.17) is 9.47 Å². The molecule has 1 aromatic carbocycles. The Morgan fingerprint density at radius 2 is 2.06 bits per heavy atom. The molecule has 1 rings (SSSR count). The fourth-order valence-corrected chi connectivity index (χ4v) is 1.38. The average molecular weight is 237 g/mol. The zero-order chi connectivity index (χ0) is 12.7. The van der Waals surface area contributed by atoms with Gasteiger partial charge >= 0.3 is 5.97 Å². The molecule has 4 heteroatoms. The van der Waals surface area contributed by atoms with E-state index >= 15 is 0 Å². The van der Waals surface area contributed by atoms with Crippen LogP contribution in [0.15, 0.2) is 24.3 Å². The van der Waals surface area contributed by atoms with Gasteiger partial charge in [0.05, 0.1) is 6.61 Å². The molecule has 0 aliphatic heterocycles. The number of esters is 1. The molecule has 1 N–H and O–H groups in total. The molecule has 1 atom stereocenters. The number of ether oxygens (including phenoxy) is 2. The number of methoxy groups -OCH3 is 1. The second-order valence-corrected chi connectivity index (χ2v) is 3.84. The van der Waals surface area contributed by atoms with E-state index in [1.807, 2.05) is 31.2 Å². The minimum absolute atomic E-state index is 0.273. The lowest BCUT2D eigenvalue weighted by Crippen LogP contribution is -2.29. The van der Waals surface area contributed by atoms with Crippen LogP contribution in [0.1, 0.15) is 12.5 Å². The number of anilines is 1. The normalized spacial score (nSPS) is 11.9. The molecule has 0 radical (unpaired) electrons. The fraction of sp³-hybridized carbons (Fsp3) is 0.462. The lowest BCUT2D eigenvalue weighted by Gasteiger charge is -2.15. The summed E-state index contributed by atoms with van der Waals surface area (Å²) in [7, 11) is 1.57. The summed E-state index contributed by atoms with van der Waals surface area (Å²) in [5.74, 6) is -0.273. The summed E-state index contributed by atoms with van der Waals surface area (Å²) in [5, 5.41) is 3.12. The van der Waals surface area contributed by atoms with Crippen LogP contribution in [0.3, 0.4) is 0 Å². The van der Waals surface area contributed by atoms with Gasteiger partial charge in [0, 0.05) is 12.8 Å². The topological polar surface area (TPSA) is 47.6 Å². The predicted molar refractivity (Wildman–Crippen MR) is 67.1 cm³/mol. The van der Waals surface area contributed by atoms with Crippen LogP contribution < -0.4 is 5.32 Å². The molecule has 0 bridgehead atoms. The van der Waals surface area contributed by atoms with E-state index in [1.165, 1.54) is 0 Å². The summed E-state index contributed by atoms with van der Waals surface area (Å²) < 4.78 is 9.84. The molecule has 0 aliphatic carbocycles. The zero-order valence-corrected chi connectivity index (χ0v) is 10.5. The Kier molecular flexibility index (Phi) is 5.49. The van der Waals surface area contributed by atoms with Gasteiger partial charge in [-0.25, -0.2) is 4.79 Å². The molecule has 0 aromatic heterocycles. The Morgan fingerprint density at radius 3 is 2.71 bits per heavy atom. The van der Waals surface area contributed by atoms with Crippen LogP contribution in [-0.4, -0.2) is 32.3 Å². The molecule has 0 heterocycles. The Labute approximate surface area is 102 Å². The molecule has 0 aliphatic rings. The van der Waals surface area contributed by atoms with E-state index in [-0.39, 0.29) is 18.6 Å². The monoisotopic (exact) mass is 237 g/mol. The smallest absolute Gasteiger partial charge is 0.328 e. The first-order chi connectivity index (χ1) is 8.15. The van der Waals surface area contributed by atoms with Crippen molar-refractivity contribution in [2.24, 2.45) is 0 Å². The maximum atomic E-state index is 11.6. The number of nitrogens with one attached hydrogen (secondary N) is 1. The second-order valence-electron chi connectivity index (χ2n) is 3.84. The molecular formula is C13H19NO3. The molecule has 0 saturated carbocycles. The maximum absolute atomic E-state index is 11.6. The quantitative estimate of drug-likeness (QED) is 0.607. The first-order valence-electron chi connectivity index (χ1n) is 5.63. The molecule has 0 spiro atoms. The summed E-state index contributed by atoms with van der Waals surface area (Å²) >= 11 is 0. The van der Waals surface area contributed by atoms with E-state index in [9.17, 15) is 4.79 Å². The molecular weight excluding hydrogens is 218 g/mol. The SMILES string of the molecule is COCCOC(=O)[C@H](C)Nc1ccccc1C. The Hall–Kier alpha value is -1.55. The first-order valence-corrected chi connectivity index (χ1v) is 5.63. The van der Waals surface area contributed by atoms with Gasteiger partial charge in [-0.05, 0) is 25.5 Å². The molecule has 17 heavy (non-hydrogen) atoms. The Balaban J connectivity index is 2.46. The van der Waals surface area contributed by atoms with Crippen molar-refractivity contribution in [3.63, 3.8) is 0 Å². The average Bonchev–Trinajstić information content (AvgIpc) is 2.32. The number of carbonyl (C=O) groups excluding carboxylic acids is 1. The number of para-hydroxylation sites is 1. The van der Waals surface area contributed by atoms with Crippen molar-refractivity contribution < 1.29 is 14.3 Å². The number of carbonyl (C=O) groups is 1. The van der Waals surface area contributed by atoms with Crippen LogP contribution in [0.4, 0.5) is 5.69 Å². The number of rotatable bonds is 6. The number of hydrogen-bond acceptors (Lipinski definition) is 4. The third-order valence-corrected chi connectivity index (χ3v) is 2.40. The molecule has 4 nitrogen and oxygen atoms in total. The summed E-state index contributed by atoms with van der Waals surface area (Å²) in [6, 6.07) is 7.45. The highest BCUT2D eigenvalue weighted by atomic mass is 16.6. The van der Waals surface area contributed by atoms with Crippen molar-refractivity contribution in [2.45, 2.75) is 19.9 Å². The van der Waals surface area contributed by atoms with Gasteiger partial charge in [0.1, 0.15) is 12.6 Å². The highest BCUT2D eigenvalue weighted by Crippen LogP contribution is 2.14. The van der Waals surface area contributed by atoms with Gasteiger partial charge in [0.15, 0.2) is 0 Å². The summed E-state index contributed by atoms with van der Waals surface area (Å²) in [4.78, 5) is 11.6. The van der Waals surface area contributed by atoms with Crippen molar-refractivity contribution in [2.75, 3.05) is 25.6 Å². The molecule has 0 unspecified atom stereocenters. The summed E-state index contributed by atoms with van der Waals surface area (Å²) in [6.45, 7) is 4.48. The van der Waals surface area contributed by atoms with Gasteiger partial charge in [-0.2, -0.15) is 0 Å². The third kappa shape index (κ3) is 4.44. The lowest BCUT2D eigenvalue weighted by atomic mass is 10.2. The van der Waals surface area contributed by atoms with Crippen molar-refractivity contribution in [3.8, 4) is 0 Å². The van der Waals surface area contributed by atoms with Crippen LogP contribution in [0.25, 0.3) is 0 Å². The summed E-state index contributed by atoms with van der Waals surface area (Å²) in [5.41, 5.74) is 2.05. The largest absolute Gasteiger partial charge is 0.462 e. The first kappa shape index (κ1) is 13.5. The predicted octanol–water partition coefficient (Wildman–Crippen LogP) is 1.99. The standard InChI is InChI=1S/C13H19NO3/c1-10-6-4-5-7-12(10)14-11(2)13(15)17-9-8-16-3/h4-7,11,14H,8-9H2,1-3H3/t11-/m0/s1. The van der Waals surface area contributed by atoms with E-state index < -0.39 is 0 Å². The van der Waals surface area contributed by atoms with Crippen molar-refractivity contribution in [3.05, 3.63) is 29.8 Å². The highest BCUT2D eigenvalue weighted by Gasteiger charge is 2.14. The van der Waals surface area contributed by atoms with Crippen LogP contribution in [0.2, 0.25) is 0 Å². The molecule has 0 amide bonds. The number of benzene rings is 1. The van der Waals surface area contributed by atoms with E-state index in [0.717, 1.165) is 11.3 Å². The van der Waals surface area contributed by atoms with E-state index in [1.54, 1.807) is 14.0 Å². The summed E-state index contributed by atoms with van der Waals surface area (Å²) in [6.07, 6.45) is 0.